The molecule has 0 saturated carbocycles. The van der Waals surface area contributed by atoms with Gasteiger partial charge in [-0.25, -0.2) is 0 Å². The molecule has 128 valence electrons. The lowest BCUT2D eigenvalue weighted by atomic mass is 9.79. The fraction of sp³-hybridized carbons (Fsp3) is 0.941. The zero-order valence-electron chi connectivity index (χ0n) is 14.5. The van der Waals surface area contributed by atoms with Crippen LogP contribution in [0.5, 0.6) is 0 Å². The number of hydrogen-bond donors (Lipinski definition) is 2. The van der Waals surface area contributed by atoms with Crippen molar-refractivity contribution in [1.29, 1.82) is 0 Å². The van der Waals surface area contributed by atoms with E-state index in [4.69, 9.17) is 0 Å². The summed E-state index contributed by atoms with van der Waals surface area (Å²) < 4.78 is 0. The van der Waals surface area contributed by atoms with Gasteiger partial charge in [-0.05, 0) is 59.8 Å². The van der Waals surface area contributed by atoms with E-state index in [1.807, 2.05) is 21.6 Å². The van der Waals surface area contributed by atoms with E-state index in [1.165, 1.54) is 25.0 Å². The van der Waals surface area contributed by atoms with Crippen LogP contribution in [0.4, 0.5) is 0 Å². The molecule has 0 bridgehead atoms. The van der Waals surface area contributed by atoms with Crippen LogP contribution < -0.4 is 10.6 Å². The van der Waals surface area contributed by atoms with Crippen LogP contribution >= 0.6 is 21.6 Å². The SMILES string of the molecule is CC1(C)CC(NC(=O)CCCC[C@@H]2CCSS2)CC(C)(C)N1. The van der Waals surface area contributed by atoms with Gasteiger partial charge in [0.1, 0.15) is 0 Å². The van der Waals surface area contributed by atoms with Crippen molar-refractivity contribution in [3.05, 3.63) is 0 Å². The summed E-state index contributed by atoms with van der Waals surface area (Å²) in [4.78, 5) is 12.2. The number of carbonyl (C=O) groups is 1. The zero-order valence-corrected chi connectivity index (χ0v) is 16.2. The number of carbonyl (C=O) groups excluding carboxylic acids is 1. The van der Waals surface area contributed by atoms with Crippen LogP contribution in [0.3, 0.4) is 0 Å². The zero-order chi connectivity index (χ0) is 16.2. The topological polar surface area (TPSA) is 41.1 Å². The Morgan fingerprint density at radius 1 is 1.18 bits per heavy atom. The number of piperidine rings is 1. The van der Waals surface area contributed by atoms with Crippen molar-refractivity contribution in [2.24, 2.45) is 0 Å². The lowest BCUT2D eigenvalue weighted by Gasteiger charge is -2.46. The Kier molecular flexibility index (Phi) is 6.55. The molecular formula is C17H32N2OS2. The van der Waals surface area contributed by atoms with Gasteiger partial charge in [-0.2, -0.15) is 0 Å². The van der Waals surface area contributed by atoms with E-state index in [2.05, 4.69) is 38.3 Å². The number of hydrogen-bond acceptors (Lipinski definition) is 4. The van der Waals surface area contributed by atoms with Gasteiger partial charge in [0.05, 0.1) is 0 Å². The first kappa shape index (κ1) is 18.5. The Bertz CT molecular complexity index is 363. The minimum atomic E-state index is 0.0943. The van der Waals surface area contributed by atoms with Crippen molar-refractivity contribution in [2.75, 3.05) is 5.75 Å². The van der Waals surface area contributed by atoms with Gasteiger partial charge in [0.25, 0.3) is 0 Å². The fourth-order valence-corrected chi connectivity index (χ4v) is 6.97. The summed E-state index contributed by atoms with van der Waals surface area (Å²) in [5.41, 5.74) is 0.189. The van der Waals surface area contributed by atoms with E-state index in [0.29, 0.717) is 12.5 Å². The summed E-state index contributed by atoms with van der Waals surface area (Å²) in [5.74, 6) is 1.55. The molecule has 2 saturated heterocycles. The van der Waals surface area contributed by atoms with Gasteiger partial charge in [-0.3, -0.25) is 4.79 Å². The van der Waals surface area contributed by atoms with Gasteiger partial charge >= 0.3 is 0 Å². The molecule has 2 aliphatic rings. The second-order valence-electron chi connectivity index (χ2n) is 8.14. The Balaban J connectivity index is 1.65. The monoisotopic (exact) mass is 344 g/mol. The minimum absolute atomic E-state index is 0.0943. The van der Waals surface area contributed by atoms with Crippen molar-refractivity contribution in [2.45, 2.75) is 95.0 Å². The summed E-state index contributed by atoms with van der Waals surface area (Å²) >= 11 is 0. The van der Waals surface area contributed by atoms with Gasteiger partial charge in [-0.1, -0.05) is 28.0 Å². The maximum absolute atomic E-state index is 12.2. The third-order valence-corrected chi connectivity index (χ3v) is 7.47. The molecule has 0 aromatic rings. The molecule has 2 heterocycles. The number of nitrogens with one attached hydrogen (secondary N) is 2. The van der Waals surface area contributed by atoms with Crippen LogP contribution in [0, 0.1) is 0 Å². The summed E-state index contributed by atoms with van der Waals surface area (Å²) in [6.45, 7) is 8.91. The first-order valence-corrected chi connectivity index (χ1v) is 11.0. The molecule has 0 spiro atoms. The normalized spacial score (nSPS) is 27.7. The predicted octanol–water partition coefficient (Wildman–Crippen LogP) is 4.13. The average molecular weight is 345 g/mol. The van der Waals surface area contributed by atoms with Crippen LogP contribution in [0.25, 0.3) is 0 Å². The Labute approximate surface area is 143 Å². The highest BCUT2D eigenvalue weighted by Gasteiger charge is 2.38. The Hall–Kier alpha value is 0.130. The molecule has 2 aliphatic heterocycles. The van der Waals surface area contributed by atoms with Gasteiger partial charge in [-0.15, -0.1) is 0 Å². The molecule has 2 fully saturated rings. The third-order valence-electron chi connectivity index (χ3n) is 4.46. The Morgan fingerprint density at radius 3 is 2.45 bits per heavy atom. The lowest BCUT2D eigenvalue weighted by molar-refractivity contribution is -0.122. The second kappa shape index (κ2) is 7.80. The predicted molar refractivity (Wildman–Crippen MR) is 99.4 cm³/mol. The lowest BCUT2D eigenvalue weighted by Crippen LogP contribution is -2.62. The highest BCUT2D eigenvalue weighted by atomic mass is 33.1. The van der Waals surface area contributed by atoms with Crippen LogP contribution in [0.2, 0.25) is 0 Å². The average Bonchev–Trinajstić information content (AvgIpc) is 2.83. The van der Waals surface area contributed by atoms with E-state index in [0.717, 1.165) is 24.5 Å². The summed E-state index contributed by atoms with van der Waals surface area (Å²) in [6.07, 6.45) is 7.56. The van der Waals surface area contributed by atoms with Crippen molar-refractivity contribution in [3.63, 3.8) is 0 Å². The van der Waals surface area contributed by atoms with Crippen LogP contribution in [0.1, 0.15) is 72.6 Å². The van der Waals surface area contributed by atoms with Crippen molar-refractivity contribution < 1.29 is 4.79 Å². The highest BCUT2D eigenvalue weighted by Crippen LogP contribution is 2.39. The molecule has 22 heavy (non-hydrogen) atoms. The smallest absolute Gasteiger partial charge is 0.220 e. The number of rotatable bonds is 6. The van der Waals surface area contributed by atoms with Crippen LogP contribution in [0.15, 0.2) is 0 Å². The maximum Gasteiger partial charge on any atom is 0.220 e. The minimum Gasteiger partial charge on any atom is -0.353 e. The first-order chi connectivity index (χ1) is 10.3. The molecule has 1 atom stereocenters. The maximum atomic E-state index is 12.2. The van der Waals surface area contributed by atoms with Crippen LogP contribution in [-0.2, 0) is 4.79 Å². The Morgan fingerprint density at radius 2 is 1.86 bits per heavy atom. The molecular weight excluding hydrogens is 312 g/mol. The van der Waals surface area contributed by atoms with Crippen LogP contribution in [-0.4, -0.2) is 34.0 Å². The third kappa shape index (κ3) is 6.32. The van der Waals surface area contributed by atoms with Gasteiger partial charge < -0.3 is 10.6 Å². The number of unbranched alkanes of at least 4 members (excludes halogenated alkanes) is 1. The van der Waals surface area contributed by atoms with Gasteiger partial charge in [0.2, 0.25) is 5.91 Å². The second-order valence-corrected chi connectivity index (χ2v) is 10.9. The van der Waals surface area contributed by atoms with E-state index in [1.54, 1.807) is 0 Å². The van der Waals surface area contributed by atoms with Gasteiger partial charge in [0, 0.05) is 34.5 Å². The molecule has 2 rings (SSSR count). The summed E-state index contributed by atoms with van der Waals surface area (Å²) in [5, 5.41) is 7.77. The molecule has 0 aliphatic carbocycles. The van der Waals surface area contributed by atoms with E-state index >= 15 is 0 Å². The summed E-state index contributed by atoms with van der Waals surface area (Å²) in [6, 6.07) is 0.306. The molecule has 0 aromatic carbocycles. The van der Waals surface area contributed by atoms with Gasteiger partial charge in [0.15, 0.2) is 0 Å². The highest BCUT2D eigenvalue weighted by molar-refractivity contribution is 8.77. The molecule has 1 amide bonds. The quantitative estimate of drug-likeness (QED) is 0.561. The van der Waals surface area contributed by atoms with Crippen molar-refractivity contribution >= 4 is 27.5 Å². The molecule has 2 N–H and O–H groups in total. The molecule has 0 radical (unpaired) electrons. The van der Waals surface area contributed by atoms with E-state index in [9.17, 15) is 4.79 Å². The number of amides is 1. The van der Waals surface area contributed by atoms with E-state index in [-0.39, 0.29) is 17.0 Å². The fourth-order valence-electron chi connectivity index (χ4n) is 3.95. The molecule has 0 aromatic heterocycles. The first-order valence-electron chi connectivity index (χ1n) is 8.63. The molecule has 0 unspecified atom stereocenters. The van der Waals surface area contributed by atoms with Crippen molar-refractivity contribution in [1.82, 2.24) is 10.6 Å². The standard InChI is InChI=1S/C17H32N2OS2/c1-16(2)11-13(12-17(3,4)19-16)18-15(20)8-6-5-7-14-9-10-21-22-14/h13-14,19H,5-12H2,1-4H3,(H,18,20)/t14-/m1/s1. The van der Waals surface area contributed by atoms with E-state index < -0.39 is 0 Å². The largest absolute Gasteiger partial charge is 0.353 e. The van der Waals surface area contributed by atoms with Crippen molar-refractivity contribution in [3.8, 4) is 0 Å². The molecule has 5 heteroatoms. The summed E-state index contributed by atoms with van der Waals surface area (Å²) in [7, 11) is 4.04. The molecule has 3 nitrogen and oxygen atoms in total.